The highest BCUT2D eigenvalue weighted by Crippen LogP contribution is 2.21. The zero-order valence-electron chi connectivity index (χ0n) is 14.2. The molecule has 1 aromatic carbocycles. The highest BCUT2D eigenvalue weighted by Gasteiger charge is 2.20. The molecule has 1 aromatic heterocycles. The first-order chi connectivity index (χ1) is 11.8. The molecule has 0 aliphatic heterocycles. The molecule has 1 unspecified atom stereocenters. The number of aromatic nitrogens is 1. The van der Waals surface area contributed by atoms with E-state index in [2.05, 4.69) is 4.98 Å². The molecular weight excluding hydrogens is 344 g/mol. The van der Waals surface area contributed by atoms with Gasteiger partial charge in [-0.3, -0.25) is 4.79 Å². The van der Waals surface area contributed by atoms with Crippen LogP contribution in [0.1, 0.15) is 23.0 Å². The lowest BCUT2D eigenvalue weighted by Crippen LogP contribution is -2.36. The minimum atomic E-state index is -3.80. The summed E-state index contributed by atoms with van der Waals surface area (Å²) < 4.78 is 36.2. The first kappa shape index (κ1) is 18.9. The van der Waals surface area contributed by atoms with Crippen LogP contribution in [0.5, 0.6) is 11.5 Å². The van der Waals surface area contributed by atoms with E-state index in [0.717, 1.165) is 5.56 Å². The number of amides is 1. The van der Waals surface area contributed by atoms with Crippen LogP contribution in [0.2, 0.25) is 0 Å². The van der Waals surface area contributed by atoms with Gasteiger partial charge in [0.05, 0.1) is 18.1 Å². The molecule has 134 valence electrons. The monoisotopic (exact) mass is 364 g/mol. The molecule has 8 heteroatoms. The quantitative estimate of drug-likeness (QED) is 0.810. The fraction of sp³-hybridized carbons (Fsp3) is 0.294. The van der Waals surface area contributed by atoms with Crippen molar-refractivity contribution in [2.24, 2.45) is 0 Å². The highest BCUT2D eigenvalue weighted by atomic mass is 32.2. The lowest BCUT2D eigenvalue weighted by molar-refractivity contribution is 0.0975. The number of methoxy groups -OCH3 is 1. The SMILES string of the molecule is COC(C)CS(=O)(=O)NC(=O)c1ccc(Oc2cccc(C)c2)cn1. The van der Waals surface area contributed by atoms with Crippen LogP contribution < -0.4 is 9.46 Å². The molecule has 2 rings (SSSR count). The van der Waals surface area contributed by atoms with E-state index >= 15 is 0 Å². The molecule has 1 amide bonds. The summed E-state index contributed by atoms with van der Waals surface area (Å²) in [6.45, 7) is 3.54. The molecule has 7 nitrogen and oxygen atoms in total. The van der Waals surface area contributed by atoms with Crippen molar-refractivity contribution in [3.05, 3.63) is 53.9 Å². The van der Waals surface area contributed by atoms with Crippen molar-refractivity contribution in [1.82, 2.24) is 9.71 Å². The van der Waals surface area contributed by atoms with E-state index in [4.69, 9.17) is 9.47 Å². The Bertz CT molecular complexity index is 834. The Morgan fingerprint density at radius 1 is 1.24 bits per heavy atom. The van der Waals surface area contributed by atoms with E-state index < -0.39 is 22.0 Å². The van der Waals surface area contributed by atoms with Crippen LogP contribution >= 0.6 is 0 Å². The molecule has 0 fully saturated rings. The van der Waals surface area contributed by atoms with Crippen molar-refractivity contribution in [2.45, 2.75) is 20.0 Å². The predicted octanol–water partition coefficient (Wildman–Crippen LogP) is 2.28. The second-order valence-electron chi connectivity index (χ2n) is 5.56. The van der Waals surface area contributed by atoms with Gasteiger partial charge in [-0.2, -0.15) is 0 Å². The lowest BCUT2D eigenvalue weighted by atomic mass is 10.2. The fourth-order valence-electron chi connectivity index (χ4n) is 2.00. The van der Waals surface area contributed by atoms with Gasteiger partial charge < -0.3 is 9.47 Å². The van der Waals surface area contributed by atoms with E-state index in [9.17, 15) is 13.2 Å². The maximum Gasteiger partial charge on any atom is 0.283 e. The van der Waals surface area contributed by atoms with Gasteiger partial charge in [0, 0.05) is 7.11 Å². The first-order valence-corrected chi connectivity index (χ1v) is 9.22. The van der Waals surface area contributed by atoms with Gasteiger partial charge in [0.15, 0.2) is 0 Å². The summed E-state index contributed by atoms with van der Waals surface area (Å²) in [6.07, 6.45) is 0.838. The van der Waals surface area contributed by atoms with Gasteiger partial charge in [-0.15, -0.1) is 0 Å². The van der Waals surface area contributed by atoms with E-state index in [1.165, 1.54) is 19.4 Å². The maximum absolute atomic E-state index is 12.0. The van der Waals surface area contributed by atoms with Gasteiger partial charge >= 0.3 is 0 Å². The third kappa shape index (κ3) is 5.84. The lowest BCUT2D eigenvalue weighted by Gasteiger charge is -2.11. The van der Waals surface area contributed by atoms with Gasteiger partial charge in [-0.25, -0.2) is 18.1 Å². The summed E-state index contributed by atoms with van der Waals surface area (Å²) in [5.41, 5.74) is 1.03. The maximum atomic E-state index is 12.0. The van der Waals surface area contributed by atoms with Crippen molar-refractivity contribution >= 4 is 15.9 Å². The van der Waals surface area contributed by atoms with Crippen LogP contribution in [0, 0.1) is 6.92 Å². The van der Waals surface area contributed by atoms with Crippen molar-refractivity contribution in [3.8, 4) is 11.5 Å². The van der Waals surface area contributed by atoms with Crippen LogP contribution in [0.15, 0.2) is 42.6 Å². The number of pyridine rings is 1. The number of carbonyl (C=O) groups excluding carboxylic acids is 1. The standard InChI is InChI=1S/C17H20N2O5S/c1-12-5-4-6-14(9-12)24-15-7-8-16(18-10-15)17(20)19-25(21,22)11-13(2)23-3/h4-10,13H,11H2,1-3H3,(H,19,20). The van der Waals surface area contributed by atoms with Crippen molar-refractivity contribution in [2.75, 3.05) is 12.9 Å². The van der Waals surface area contributed by atoms with Crippen LogP contribution in [0.4, 0.5) is 0 Å². The summed E-state index contributed by atoms with van der Waals surface area (Å²) in [6, 6.07) is 10.4. The molecule has 0 spiro atoms. The second kappa shape index (κ2) is 8.09. The Balaban J connectivity index is 2.02. The zero-order valence-corrected chi connectivity index (χ0v) is 15.0. The molecule has 1 atom stereocenters. The fourth-order valence-corrected chi connectivity index (χ4v) is 3.23. The van der Waals surface area contributed by atoms with Crippen LogP contribution in [0.3, 0.4) is 0 Å². The van der Waals surface area contributed by atoms with Gasteiger partial charge in [0.2, 0.25) is 10.0 Å². The van der Waals surface area contributed by atoms with Gasteiger partial charge in [0.25, 0.3) is 5.91 Å². The Morgan fingerprint density at radius 3 is 2.60 bits per heavy atom. The molecule has 0 aliphatic rings. The molecule has 2 aromatic rings. The largest absolute Gasteiger partial charge is 0.456 e. The Hall–Kier alpha value is -2.45. The Kier molecular flexibility index (Phi) is 6.11. The summed E-state index contributed by atoms with van der Waals surface area (Å²) in [4.78, 5) is 16.0. The zero-order chi connectivity index (χ0) is 18.4. The topological polar surface area (TPSA) is 94.6 Å². The van der Waals surface area contributed by atoms with Crippen molar-refractivity contribution in [1.29, 1.82) is 0 Å². The molecule has 1 N–H and O–H groups in total. The number of hydrogen-bond acceptors (Lipinski definition) is 6. The molecule has 25 heavy (non-hydrogen) atoms. The summed E-state index contributed by atoms with van der Waals surface area (Å²) in [5, 5.41) is 0. The summed E-state index contributed by atoms with van der Waals surface area (Å²) in [5.74, 6) is -0.0254. The van der Waals surface area contributed by atoms with Crippen LogP contribution in [-0.4, -0.2) is 38.3 Å². The Labute approximate surface area is 147 Å². The van der Waals surface area contributed by atoms with E-state index in [1.54, 1.807) is 19.1 Å². The minimum Gasteiger partial charge on any atom is -0.456 e. The van der Waals surface area contributed by atoms with Crippen LogP contribution in [0.25, 0.3) is 0 Å². The minimum absolute atomic E-state index is 0.0229. The Morgan fingerprint density at radius 2 is 2.00 bits per heavy atom. The van der Waals surface area contributed by atoms with E-state index in [0.29, 0.717) is 11.5 Å². The number of ether oxygens (including phenoxy) is 2. The smallest absolute Gasteiger partial charge is 0.283 e. The molecule has 0 saturated heterocycles. The molecule has 0 saturated carbocycles. The van der Waals surface area contributed by atoms with E-state index in [-0.39, 0.29) is 11.4 Å². The number of carbonyl (C=O) groups is 1. The van der Waals surface area contributed by atoms with Crippen molar-refractivity contribution < 1.29 is 22.7 Å². The number of benzene rings is 1. The first-order valence-electron chi connectivity index (χ1n) is 7.57. The van der Waals surface area contributed by atoms with Gasteiger partial charge in [-0.05, 0) is 43.7 Å². The molecule has 0 aliphatic carbocycles. The molecule has 1 heterocycles. The highest BCUT2D eigenvalue weighted by molar-refractivity contribution is 7.90. The number of hydrogen-bond donors (Lipinski definition) is 1. The van der Waals surface area contributed by atoms with Crippen LogP contribution in [-0.2, 0) is 14.8 Å². The normalized spacial score (nSPS) is 12.4. The van der Waals surface area contributed by atoms with Gasteiger partial charge in [-0.1, -0.05) is 12.1 Å². The average molecular weight is 364 g/mol. The third-order valence-electron chi connectivity index (χ3n) is 3.30. The second-order valence-corrected chi connectivity index (χ2v) is 7.32. The number of sulfonamides is 1. The number of nitrogens with one attached hydrogen (secondary N) is 1. The van der Waals surface area contributed by atoms with Crippen molar-refractivity contribution in [3.63, 3.8) is 0 Å². The number of rotatable bonds is 7. The summed E-state index contributed by atoms with van der Waals surface area (Å²) >= 11 is 0. The molecule has 0 bridgehead atoms. The van der Waals surface area contributed by atoms with Gasteiger partial charge in [0.1, 0.15) is 17.2 Å². The third-order valence-corrected chi connectivity index (χ3v) is 4.70. The summed E-state index contributed by atoms with van der Waals surface area (Å²) in [7, 11) is -2.40. The molecule has 0 radical (unpaired) electrons. The number of nitrogens with zero attached hydrogens (tertiary/aromatic N) is 1. The van der Waals surface area contributed by atoms with E-state index in [1.807, 2.05) is 29.8 Å². The predicted molar refractivity (Wildman–Crippen MR) is 93.2 cm³/mol. The number of aryl methyl sites for hydroxylation is 1. The molecular formula is C17H20N2O5S. The average Bonchev–Trinajstić information content (AvgIpc) is 2.54.